The van der Waals surface area contributed by atoms with Crippen molar-refractivity contribution in [2.75, 3.05) is 13.2 Å². The molecule has 0 radical (unpaired) electrons. The van der Waals surface area contributed by atoms with Crippen molar-refractivity contribution in [3.8, 4) is 0 Å². The highest BCUT2D eigenvalue weighted by Crippen LogP contribution is 2.31. The lowest BCUT2D eigenvalue weighted by molar-refractivity contribution is -0.144. The molecule has 0 bridgehead atoms. The lowest BCUT2D eigenvalue weighted by Gasteiger charge is -2.27. The molecular formula is C41H78O4. The van der Waals surface area contributed by atoms with E-state index in [0.29, 0.717) is 37.9 Å². The SMILES string of the molecule is CCCCCCCCCCCCCCCCCC(=O)OCCC1CCOC(=O)CCCCCCCC1CCCCCCCCC. The molecular weight excluding hydrogens is 556 g/mol. The Hall–Kier alpha value is -1.06. The Balaban J connectivity index is 2.26. The molecule has 1 aliphatic heterocycles. The molecule has 0 saturated carbocycles. The van der Waals surface area contributed by atoms with Gasteiger partial charge in [0.25, 0.3) is 0 Å². The molecule has 0 N–H and O–H groups in total. The minimum absolute atomic E-state index is 0.0237. The van der Waals surface area contributed by atoms with Crippen LogP contribution in [0.5, 0.6) is 0 Å². The van der Waals surface area contributed by atoms with E-state index in [0.717, 1.165) is 38.5 Å². The van der Waals surface area contributed by atoms with Crippen molar-refractivity contribution < 1.29 is 19.1 Å². The van der Waals surface area contributed by atoms with Crippen molar-refractivity contribution >= 4 is 11.9 Å². The van der Waals surface area contributed by atoms with Gasteiger partial charge in [-0.3, -0.25) is 9.59 Å². The third-order valence-electron chi connectivity index (χ3n) is 10.3. The third kappa shape index (κ3) is 27.7. The Bertz CT molecular complexity index is 647. The van der Waals surface area contributed by atoms with Crippen molar-refractivity contribution in [2.24, 2.45) is 11.8 Å². The molecule has 0 aromatic heterocycles. The van der Waals surface area contributed by atoms with Gasteiger partial charge in [0.15, 0.2) is 0 Å². The molecule has 2 atom stereocenters. The number of unbranched alkanes of at least 4 members (excludes halogenated alkanes) is 20. The van der Waals surface area contributed by atoms with E-state index in [1.165, 1.54) is 161 Å². The average Bonchev–Trinajstić information content (AvgIpc) is 3.05. The van der Waals surface area contributed by atoms with Gasteiger partial charge in [0.2, 0.25) is 0 Å². The summed E-state index contributed by atoms with van der Waals surface area (Å²) in [4.78, 5) is 24.7. The molecule has 4 nitrogen and oxygen atoms in total. The maximum atomic E-state index is 12.5. The predicted molar refractivity (Wildman–Crippen MR) is 193 cm³/mol. The fourth-order valence-corrected chi connectivity index (χ4v) is 7.23. The molecule has 2 unspecified atom stereocenters. The van der Waals surface area contributed by atoms with Crippen molar-refractivity contribution in [1.29, 1.82) is 0 Å². The van der Waals surface area contributed by atoms with Crippen LogP contribution in [0.1, 0.15) is 226 Å². The molecule has 45 heavy (non-hydrogen) atoms. The summed E-state index contributed by atoms with van der Waals surface area (Å²) in [7, 11) is 0. The summed E-state index contributed by atoms with van der Waals surface area (Å²) >= 11 is 0. The van der Waals surface area contributed by atoms with Crippen LogP contribution in [0.4, 0.5) is 0 Å². The molecule has 1 aliphatic rings. The van der Waals surface area contributed by atoms with Gasteiger partial charge >= 0.3 is 11.9 Å². The van der Waals surface area contributed by atoms with Crippen LogP contribution in [0.25, 0.3) is 0 Å². The van der Waals surface area contributed by atoms with Gasteiger partial charge in [-0.25, -0.2) is 0 Å². The normalized spacial score (nSPS) is 18.5. The van der Waals surface area contributed by atoms with E-state index in [9.17, 15) is 9.59 Å². The van der Waals surface area contributed by atoms with Crippen molar-refractivity contribution in [2.45, 2.75) is 226 Å². The van der Waals surface area contributed by atoms with E-state index in [1.54, 1.807) is 0 Å². The van der Waals surface area contributed by atoms with Crippen molar-refractivity contribution in [3.05, 3.63) is 0 Å². The maximum absolute atomic E-state index is 12.5. The molecule has 266 valence electrons. The fraction of sp³-hybridized carbons (Fsp3) is 0.951. The summed E-state index contributed by atoms with van der Waals surface area (Å²) in [5.74, 6) is 1.06. The number of hydrogen-bond acceptors (Lipinski definition) is 4. The van der Waals surface area contributed by atoms with E-state index in [1.807, 2.05) is 0 Å². The van der Waals surface area contributed by atoms with Gasteiger partial charge in [0.1, 0.15) is 0 Å². The van der Waals surface area contributed by atoms with Crippen LogP contribution >= 0.6 is 0 Å². The van der Waals surface area contributed by atoms with Gasteiger partial charge in [-0.05, 0) is 37.5 Å². The zero-order valence-corrected chi connectivity index (χ0v) is 30.5. The first-order chi connectivity index (χ1) is 22.2. The molecule has 0 amide bonds. The van der Waals surface area contributed by atoms with Gasteiger partial charge in [-0.1, -0.05) is 187 Å². The van der Waals surface area contributed by atoms with E-state index >= 15 is 0 Å². The Morgan fingerprint density at radius 1 is 0.578 bits per heavy atom. The van der Waals surface area contributed by atoms with E-state index < -0.39 is 0 Å². The summed E-state index contributed by atoms with van der Waals surface area (Å²) < 4.78 is 11.4. The molecule has 0 aromatic carbocycles. The highest BCUT2D eigenvalue weighted by molar-refractivity contribution is 5.69. The summed E-state index contributed by atoms with van der Waals surface area (Å²) in [6.07, 6.45) is 40.7. The fourth-order valence-electron chi connectivity index (χ4n) is 7.23. The Morgan fingerprint density at radius 2 is 1.04 bits per heavy atom. The van der Waals surface area contributed by atoms with E-state index in [-0.39, 0.29) is 11.9 Å². The molecule has 1 heterocycles. The molecule has 0 spiro atoms. The van der Waals surface area contributed by atoms with Gasteiger partial charge in [0.05, 0.1) is 13.2 Å². The highest BCUT2D eigenvalue weighted by atomic mass is 16.5. The standard InChI is InChI=1S/C41H78O4/c1-3-5-7-9-11-12-13-14-15-16-17-18-20-24-28-32-40(42)44-36-34-39-35-37-45-41(43)33-29-25-21-23-27-31-38(39)30-26-22-19-10-8-6-4-2/h38-39H,3-37H2,1-2H3. The third-order valence-corrected chi connectivity index (χ3v) is 10.3. The van der Waals surface area contributed by atoms with Crippen LogP contribution in [0.3, 0.4) is 0 Å². The lowest BCUT2D eigenvalue weighted by Crippen LogP contribution is -2.21. The topological polar surface area (TPSA) is 52.6 Å². The van der Waals surface area contributed by atoms with E-state index in [2.05, 4.69) is 13.8 Å². The number of rotatable bonds is 27. The van der Waals surface area contributed by atoms with Crippen LogP contribution in [-0.2, 0) is 19.1 Å². The van der Waals surface area contributed by atoms with E-state index in [4.69, 9.17) is 9.47 Å². The van der Waals surface area contributed by atoms with Crippen molar-refractivity contribution in [1.82, 2.24) is 0 Å². The van der Waals surface area contributed by atoms with Gasteiger partial charge in [0, 0.05) is 12.8 Å². The second-order valence-corrected chi connectivity index (χ2v) is 14.5. The van der Waals surface area contributed by atoms with Gasteiger partial charge in [-0.15, -0.1) is 0 Å². The van der Waals surface area contributed by atoms with Gasteiger partial charge < -0.3 is 9.47 Å². The van der Waals surface area contributed by atoms with Crippen LogP contribution in [0.15, 0.2) is 0 Å². The van der Waals surface area contributed by atoms with Crippen LogP contribution in [0, 0.1) is 11.8 Å². The first-order valence-corrected chi connectivity index (χ1v) is 20.5. The molecule has 1 rings (SSSR count). The number of hydrogen-bond donors (Lipinski definition) is 0. The number of esters is 2. The number of cyclic esters (lactones) is 1. The second kappa shape index (κ2) is 32.9. The minimum Gasteiger partial charge on any atom is -0.466 e. The summed E-state index contributed by atoms with van der Waals surface area (Å²) in [5.41, 5.74) is 0. The minimum atomic E-state index is -0.0356. The number of carbonyl (C=O) groups excluding carboxylic acids is 2. The Labute approximate surface area is 281 Å². The number of carbonyl (C=O) groups is 2. The smallest absolute Gasteiger partial charge is 0.305 e. The molecule has 1 saturated heterocycles. The lowest BCUT2D eigenvalue weighted by atomic mass is 9.80. The second-order valence-electron chi connectivity index (χ2n) is 14.5. The zero-order chi connectivity index (χ0) is 32.5. The first kappa shape index (κ1) is 42.0. The van der Waals surface area contributed by atoms with Crippen molar-refractivity contribution in [3.63, 3.8) is 0 Å². The summed E-state index contributed by atoms with van der Waals surface area (Å²) in [6.45, 7) is 5.60. The summed E-state index contributed by atoms with van der Waals surface area (Å²) in [5, 5.41) is 0. The average molecular weight is 635 g/mol. The predicted octanol–water partition coefficient (Wildman–Crippen LogP) is 13.2. The first-order valence-electron chi connectivity index (χ1n) is 20.5. The Kier molecular flexibility index (Phi) is 30.6. The quantitative estimate of drug-likeness (QED) is 0.0666. The molecule has 4 heteroatoms. The Morgan fingerprint density at radius 3 is 1.62 bits per heavy atom. The number of ether oxygens (including phenoxy) is 2. The monoisotopic (exact) mass is 635 g/mol. The van der Waals surface area contributed by atoms with Crippen LogP contribution in [0.2, 0.25) is 0 Å². The zero-order valence-electron chi connectivity index (χ0n) is 30.5. The van der Waals surface area contributed by atoms with Gasteiger partial charge in [-0.2, -0.15) is 0 Å². The molecule has 1 fully saturated rings. The maximum Gasteiger partial charge on any atom is 0.305 e. The molecule has 0 aliphatic carbocycles. The summed E-state index contributed by atoms with van der Waals surface area (Å²) in [6, 6.07) is 0. The molecule has 0 aromatic rings. The van der Waals surface area contributed by atoms with Crippen LogP contribution < -0.4 is 0 Å². The van der Waals surface area contributed by atoms with Crippen LogP contribution in [-0.4, -0.2) is 25.2 Å². The highest BCUT2D eigenvalue weighted by Gasteiger charge is 2.22. The largest absolute Gasteiger partial charge is 0.466 e.